The zero-order chi connectivity index (χ0) is 10.6. The predicted molar refractivity (Wildman–Crippen MR) is 45.2 cm³/mol. The maximum absolute atomic E-state index is 11.7. The van der Waals surface area contributed by atoms with E-state index in [1.807, 2.05) is 6.92 Å². The van der Waals surface area contributed by atoms with Crippen molar-refractivity contribution in [2.45, 2.75) is 19.5 Å². The van der Waals surface area contributed by atoms with Crippen molar-refractivity contribution in [1.82, 2.24) is 4.98 Å². The van der Waals surface area contributed by atoms with E-state index >= 15 is 0 Å². The summed E-state index contributed by atoms with van der Waals surface area (Å²) in [6, 6.07) is 3.13. The highest BCUT2D eigenvalue weighted by Crippen LogP contribution is 2.16. The molecule has 78 valence electrons. The van der Waals surface area contributed by atoms with Crippen LogP contribution < -0.4 is 4.74 Å². The van der Waals surface area contributed by atoms with Gasteiger partial charge in [0.25, 0.3) is 0 Å². The van der Waals surface area contributed by atoms with Crippen LogP contribution in [-0.2, 0) is 6.42 Å². The van der Waals surface area contributed by atoms with Crippen LogP contribution in [0, 0.1) is 0 Å². The van der Waals surface area contributed by atoms with Crippen molar-refractivity contribution < 1.29 is 17.9 Å². The smallest absolute Gasteiger partial charge is 0.422 e. The first kappa shape index (κ1) is 10.8. The van der Waals surface area contributed by atoms with E-state index < -0.39 is 12.8 Å². The molecule has 0 aliphatic rings. The van der Waals surface area contributed by atoms with Gasteiger partial charge in [-0.1, -0.05) is 13.0 Å². The van der Waals surface area contributed by atoms with Crippen LogP contribution in [0.2, 0.25) is 0 Å². The highest BCUT2D eigenvalue weighted by Gasteiger charge is 2.28. The van der Waals surface area contributed by atoms with Crippen LogP contribution in [0.25, 0.3) is 0 Å². The standard InChI is InChI=1S/C9H10F3NO/c1-2-7-3-4-8(13-5-7)14-6-9(10,11)12/h3-5H,2,6H2,1H3. The van der Waals surface area contributed by atoms with Gasteiger partial charge in [0.1, 0.15) is 0 Å². The minimum atomic E-state index is -4.31. The monoisotopic (exact) mass is 205 g/mol. The van der Waals surface area contributed by atoms with Crippen molar-refractivity contribution in [1.29, 1.82) is 0 Å². The van der Waals surface area contributed by atoms with Crippen molar-refractivity contribution >= 4 is 0 Å². The second-order valence-electron chi connectivity index (χ2n) is 2.76. The lowest BCUT2D eigenvalue weighted by molar-refractivity contribution is -0.154. The van der Waals surface area contributed by atoms with Gasteiger partial charge in [0.15, 0.2) is 6.61 Å². The minimum Gasteiger partial charge on any atom is -0.468 e. The molecule has 0 aliphatic heterocycles. The SMILES string of the molecule is CCc1ccc(OCC(F)(F)F)nc1. The third-order valence-electron chi connectivity index (χ3n) is 1.59. The summed E-state index contributed by atoms with van der Waals surface area (Å²) in [5.74, 6) is -0.000440. The Balaban J connectivity index is 2.52. The molecule has 0 saturated carbocycles. The van der Waals surface area contributed by atoms with E-state index in [4.69, 9.17) is 0 Å². The van der Waals surface area contributed by atoms with Crippen LogP contribution in [-0.4, -0.2) is 17.8 Å². The molecule has 1 aromatic heterocycles. The van der Waals surface area contributed by atoms with Crippen molar-refractivity contribution in [3.63, 3.8) is 0 Å². The van der Waals surface area contributed by atoms with E-state index in [0.29, 0.717) is 0 Å². The number of halogens is 3. The quantitative estimate of drug-likeness (QED) is 0.756. The molecule has 1 heterocycles. The summed E-state index contributed by atoms with van der Waals surface area (Å²) in [7, 11) is 0. The Morgan fingerprint density at radius 1 is 1.36 bits per heavy atom. The summed E-state index contributed by atoms with van der Waals surface area (Å²) < 4.78 is 39.6. The lowest BCUT2D eigenvalue weighted by Crippen LogP contribution is -2.19. The number of nitrogens with zero attached hydrogens (tertiary/aromatic N) is 1. The Bertz CT molecular complexity index is 281. The van der Waals surface area contributed by atoms with E-state index in [9.17, 15) is 13.2 Å². The maximum atomic E-state index is 11.7. The third-order valence-corrected chi connectivity index (χ3v) is 1.59. The zero-order valence-electron chi connectivity index (χ0n) is 7.64. The van der Waals surface area contributed by atoms with Gasteiger partial charge in [-0.3, -0.25) is 0 Å². The first-order valence-corrected chi connectivity index (χ1v) is 4.16. The van der Waals surface area contributed by atoms with Gasteiger partial charge < -0.3 is 4.74 Å². The molecular formula is C9H10F3NO. The first-order chi connectivity index (χ1) is 6.51. The van der Waals surface area contributed by atoms with Crippen LogP contribution in [0.4, 0.5) is 13.2 Å². The largest absolute Gasteiger partial charge is 0.468 e. The summed E-state index contributed by atoms with van der Waals surface area (Å²) in [6.45, 7) is 0.638. The number of aromatic nitrogens is 1. The first-order valence-electron chi connectivity index (χ1n) is 4.16. The van der Waals surface area contributed by atoms with Crippen molar-refractivity contribution in [2.24, 2.45) is 0 Å². The molecule has 0 aliphatic carbocycles. The second kappa shape index (κ2) is 4.30. The lowest BCUT2D eigenvalue weighted by atomic mass is 10.2. The van der Waals surface area contributed by atoms with Crippen LogP contribution in [0.5, 0.6) is 5.88 Å². The molecule has 1 rings (SSSR count). The molecule has 0 fully saturated rings. The van der Waals surface area contributed by atoms with Crippen molar-refractivity contribution in [3.05, 3.63) is 23.9 Å². The van der Waals surface area contributed by atoms with Gasteiger partial charge in [-0.05, 0) is 12.0 Å². The number of alkyl halides is 3. The van der Waals surface area contributed by atoms with Gasteiger partial charge in [0.2, 0.25) is 5.88 Å². The average Bonchev–Trinajstić information content (AvgIpc) is 2.14. The molecule has 0 atom stereocenters. The number of hydrogen-bond acceptors (Lipinski definition) is 2. The molecule has 0 spiro atoms. The molecule has 0 radical (unpaired) electrons. The molecular weight excluding hydrogens is 195 g/mol. The molecule has 0 unspecified atom stereocenters. The Hall–Kier alpha value is -1.26. The van der Waals surface area contributed by atoms with E-state index in [-0.39, 0.29) is 5.88 Å². The fraction of sp³-hybridized carbons (Fsp3) is 0.444. The predicted octanol–water partition coefficient (Wildman–Crippen LogP) is 2.59. The topological polar surface area (TPSA) is 22.1 Å². The van der Waals surface area contributed by atoms with Crippen LogP contribution >= 0.6 is 0 Å². The lowest BCUT2D eigenvalue weighted by Gasteiger charge is -2.08. The Kier molecular flexibility index (Phi) is 3.33. The van der Waals surface area contributed by atoms with Crippen LogP contribution in [0.3, 0.4) is 0 Å². The fourth-order valence-electron chi connectivity index (χ4n) is 0.861. The molecule has 0 amide bonds. The zero-order valence-corrected chi connectivity index (χ0v) is 7.64. The molecule has 0 N–H and O–H groups in total. The van der Waals surface area contributed by atoms with Crippen molar-refractivity contribution in [3.8, 4) is 5.88 Å². The number of aryl methyl sites for hydroxylation is 1. The van der Waals surface area contributed by atoms with E-state index in [0.717, 1.165) is 12.0 Å². The normalized spacial score (nSPS) is 11.4. The van der Waals surface area contributed by atoms with Gasteiger partial charge in [-0.15, -0.1) is 0 Å². The van der Waals surface area contributed by atoms with Crippen LogP contribution in [0.15, 0.2) is 18.3 Å². The molecule has 0 aromatic carbocycles. The Morgan fingerprint density at radius 2 is 2.07 bits per heavy atom. The summed E-state index contributed by atoms with van der Waals surface area (Å²) >= 11 is 0. The summed E-state index contributed by atoms with van der Waals surface area (Å²) in [6.07, 6.45) is -2.01. The number of ether oxygens (including phenoxy) is 1. The number of hydrogen-bond donors (Lipinski definition) is 0. The molecule has 5 heteroatoms. The highest BCUT2D eigenvalue weighted by molar-refractivity contribution is 5.17. The fourth-order valence-corrected chi connectivity index (χ4v) is 0.861. The van der Waals surface area contributed by atoms with Gasteiger partial charge in [0, 0.05) is 12.3 Å². The van der Waals surface area contributed by atoms with E-state index in [2.05, 4.69) is 9.72 Å². The average molecular weight is 205 g/mol. The van der Waals surface area contributed by atoms with Gasteiger partial charge in [-0.25, -0.2) is 4.98 Å². The van der Waals surface area contributed by atoms with Crippen molar-refractivity contribution in [2.75, 3.05) is 6.61 Å². The maximum Gasteiger partial charge on any atom is 0.422 e. The minimum absolute atomic E-state index is 0.000440. The van der Waals surface area contributed by atoms with Gasteiger partial charge >= 0.3 is 6.18 Å². The third kappa shape index (κ3) is 3.64. The second-order valence-corrected chi connectivity index (χ2v) is 2.76. The summed E-state index contributed by atoms with van der Waals surface area (Å²) in [5.41, 5.74) is 0.962. The molecule has 14 heavy (non-hydrogen) atoms. The van der Waals surface area contributed by atoms with E-state index in [1.165, 1.54) is 12.3 Å². The summed E-state index contributed by atoms with van der Waals surface area (Å²) in [5, 5.41) is 0. The Labute approximate surface area is 79.7 Å². The van der Waals surface area contributed by atoms with E-state index in [1.54, 1.807) is 6.07 Å². The summed E-state index contributed by atoms with van der Waals surface area (Å²) in [4.78, 5) is 3.73. The van der Waals surface area contributed by atoms with Crippen LogP contribution in [0.1, 0.15) is 12.5 Å². The Morgan fingerprint density at radius 3 is 2.50 bits per heavy atom. The van der Waals surface area contributed by atoms with Gasteiger partial charge in [0.05, 0.1) is 0 Å². The molecule has 0 bridgehead atoms. The molecule has 1 aromatic rings. The number of rotatable bonds is 3. The highest BCUT2D eigenvalue weighted by atomic mass is 19.4. The number of pyridine rings is 1. The van der Waals surface area contributed by atoms with Gasteiger partial charge in [-0.2, -0.15) is 13.2 Å². The molecule has 0 saturated heterocycles. The molecule has 2 nitrogen and oxygen atoms in total.